The summed E-state index contributed by atoms with van der Waals surface area (Å²) in [4.78, 5) is 37.6. The number of esters is 2. The maximum absolute atomic E-state index is 12.9. The van der Waals surface area contributed by atoms with E-state index in [9.17, 15) is 19.5 Å². The third-order valence-electron chi connectivity index (χ3n) is 13.8. The van der Waals surface area contributed by atoms with Crippen molar-refractivity contribution in [1.29, 1.82) is 0 Å². The number of rotatable bonds is 60. The summed E-state index contributed by atoms with van der Waals surface area (Å²) < 4.78 is 22.9. The number of hydrogen-bond acceptors (Lipinski definition) is 7. The molecule has 0 spiro atoms. The Kier molecular flexibility index (Phi) is 61.0. The fourth-order valence-electron chi connectivity index (χ4n) is 8.70. The van der Waals surface area contributed by atoms with Crippen LogP contribution < -0.4 is 0 Å². The summed E-state index contributed by atoms with van der Waals surface area (Å²) >= 11 is 0. The Morgan fingerprint density at radius 2 is 0.635 bits per heavy atom. The molecule has 2 atom stereocenters. The summed E-state index contributed by atoms with van der Waals surface area (Å²) in [6, 6.07) is 0. The predicted octanol–water partition coefficient (Wildman–Crippen LogP) is 20.9. The summed E-state index contributed by atoms with van der Waals surface area (Å²) in [6.45, 7) is 4.60. The molecule has 9 heteroatoms. The number of carboxylic acid groups (broad SMARTS) is 1. The van der Waals surface area contributed by atoms with Crippen LogP contribution in [0, 0.1) is 0 Å². The third-order valence-corrected chi connectivity index (χ3v) is 13.8. The van der Waals surface area contributed by atoms with Gasteiger partial charge in [0, 0.05) is 12.8 Å². The van der Waals surface area contributed by atoms with Crippen LogP contribution in [0.4, 0.5) is 0 Å². The van der Waals surface area contributed by atoms with E-state index in [2.05, 4.69) is 172 Å². The van der Waals surface area contributed by atoms with Gasteiger partial charge in [0.15, 0.2) is 6.10 Å². The molecule has 9 nitrogen and oxygen atoms in total. The van der Waals surface area contributed by atoms with Gasteiger partial charge in [0.1, 0.15) is 13.2 Å². The highest BCUT2D eigenvalue weighted by Gasteiger charge is 2.25. The number of aliphatic carboxylic acids is 1. The van der Waals surface area contributed by atoms with Crippen LogP contribution in [0.2, 0.25) is 0 Å². The number of allylic oxidation sites excluding steroid dienone is 26. The molecule has 0 radical (unpaired) electrons. The van der Waals surface area contributed by atoms with Gasteiger partial charge in [-0.3, -0.25) is 9.59 Å². The fraction of sp³-hybridized carbons (Fsp3) is 0.618. The number of quaternary nitrogens is 1. The Balaban J connectivity index is 4.20. The molecule has 0 heterocycles. The van der Waals surface area contributed by atoms with Gasteiger partial charge in [0.2, 0.25) is 0 Å². The van der Waals surface area contributed by atoms with Crippen LogP contribution in [0.25, 0.3) is 0 Å². The van der Waals surface area contributed by atoms with Gasteiger partial charge in [-0.15, -0.1) is 0 Å². The molecule has 0 aliphatic heterocycles. The first-order valence-electron chi connectivity index (χ1n) is 33.6. The van der Waals surface area contributed by atoms with Crippen molar-refractivity contribution < 1.29 is 42.9 Å². The average molecular weight is 1180 g/mol. The van der Waals surface area contributed by atoms with Crippen LogP contribution >= 0.6 is 0 Å². The second-order valence-electron chi connectivity index (χ2n) is 23.0. The molecule has 0 aromatic rings. The smallest absolute Gasteiger partial charge is 0.361 e. The maximum atomic E-state index is 12.9. The van der Waals surface area contributed by atoms with E-state index in [1.54, 1.807) is 0 Å². The molecule has 0 amide bonds. The van der Waals surface area contributed by atoms with Gasteiger partial charge in [0.25, 0.3) is 6.29 Å². The van der Waals surface area contributed by atoms with Crippen molar-refractivity contribution in [2.45, 2.75) is 257 Å². The lowest BCUT2D eigenvalue weighted by atomic mass is 10.0. The van der Waals surface area contributed by atoms with E-state index < -0.39 is 24.3 Å². The number of carbonyl (C=O) groups is 3. The van der Waals surface area contributed by atoms with Crippen molar-refractivity contribution in [2.75, 3.05) is 47.5 Å². The first-order valence-corrected chi connectivity index (χ1v) is 33.6. The number of carboxylic acids is 1. The number of likely N-dealkylation sites (N-methyl/N-ethyl adjacent to an activating group) is 1. The lowest BCUT2D eigenvalue weighted by Crippen LogP contribution is -2.40. The van der Waals surface area contributed by atoms with Crippen LogP contribution in [-0.4, -0.2) is 87.4 Å². The third kappa shape index (κ3) is 66.3. The Morgan fingerprint density at radius 3 is 0.953 bits per heavy atom. The molecule has 480 valence electrons. The second-order valence-corrected chi connectivity index (χ2v) is 23.0. The minimum Gasteiger partial charge on any atom is -0.477 e. The molecule has 0 aromatic heterocycles. The Morgan fingerprint density at radius 1 is 0.353 bits per heavy atom. The molecular formula is C76H124NO8+. The zero-order chi connectivity index (χ0) is 61.9. The van der Waals surface area contributed by atoms with Crippen LogP contribution in [0.15, 0.2) is 158 Å². The monoisotopic (exact) mass is 1180 g/mol. The van der Waals surface area contributed by atoms with E-state index in [1.165, 1.54) is 89.9 Å². The van der Waals surface area contributed by atoms with Crippen molar-refractivity contribution in [3.8, 4) is 0 Å². The number of nitrogens with zero attached hydrogens (tertiary/aromatic N) is 1. The molecule has 1 N–H and O–H groups in total. The molecular weight excluding hydrogens is 1050 g/mol. The van der Waals surface area contributed by atoms with Crippen molar-refractivity contribution in [3.05, 3.63) is 158 Å². The largest absolute Gasteiger partial charge is 0.477 e. The highest BCUT2D eigenvalue weighted by atomic mass is 16.7. The highest BCUT2D eigenvalue weighted by Crippen LogP contribution is 2.16. The molecule has 0 fully saturated rings. The summed E-state index contributed by atoms with van der Waals surface area (Å²) in [5, 5.41) is 9.74. The predicted molar refractivity (Wildman–Crippen MR) is 363 cm³/mol. The number of unbranched alkanes of at least 4 members (excludes halogenated alkanes) is 19. The van der Waals surface area contributed by atoms with Gasteiger partial charge in [0.05, 0.1) is 34.4 Å². The molecule has 0 saturated carbocycles. The number of hydrogen-bond donors (Lipinski definition) is 1. The molecule has 0 bridgehead atoms. The maximum Gasteiger partial charge on any atom is 0.361 e. The van der Waals surface area contributed by atoms with Gasteiger partial charge in [-0.05, 0) is 122 Å². The van der Waals surface area contributed by atoms with Crippen LogP contribution in [-0.2, 0) is 33.3 Å². The van der Waals surface area contributed by atoms with Crippen molar-refractivity contribution in [3.63, 3.8) is 0 Å². The molecule has 0 aromatic carbocycles. The van der Waals surface area contributed by atoms with Crippen molar-refractivity contribution in [2.24, 2.45) is 0 Å². The quantitative estimate of drug-likeness (QED) is 0.0211. The molecule has 85 heavy (non-hydrogen) atoms. The van der Waals surface area contributed by atoms with Crippen LogP contribution in [0.3, 0.4) is 0 Å². The van der Waals surface area contributed by atoms with E-state index in [1.807, 2.05) is 21.1 Å². The molecule has 0 saturated heterocycles. The lowest BCUT2D eigenvalue weighted by Gasteiger charge is -2.25. The van der Waals surface area contributed by atoms with Gasteiger partial charge >= 0.3 is 17.9 Å². The summed E-state index contributed by atoms with van der Waals surface area (Å²) in [5.74, 6) is -2.06. The first-order chi connectivity index (χ1) is 41.6. The highest BCUT2D eigenvalue weighted by molar-refractivity contribution is 5.71. The first kappa shape index (κ1) is 79.9. The topological polar surface area (TPSA) is 108 Å². The van der Waals surface area contributed by atoms with E-state index in [0.717, 1.165) is 122 Å². The molecule has 0 aliphatic rings. The Labute approximate surface area is 521 Å². The van der Waals surface area contributed by atoms with Gasteiger partial charge < -0.3 is 28.5 Å². The molecule has 0 aliphatic carbocycles. The zero-order valence-corrected chi connectivity index (χ0v) is 54.7. The van der Waals surface area contributed by atoms with Crippen molar-refractivity contribution >= 4 is 17.9 Å². The second kappa shape index (κ2) is 64.9. The number of carbonyl (C=O) groups excluding carboxylic acids is 2. The Hall–Kier alpha value is -5.09. The van der Waals surface area contributed by atoms with Crippen molar-refractivity contribution in [1.82, 2.24) is 0 Å². The number of ether oxygens (including phenoxy) is 4. The summed E-state index contributed by atoms with van der Waals surface area (Å²) in [7, 11) is 5.95. The van der Waals surface area contributed by atoms with E-state index >= 15 is 0 Å². The summed E-state index contributed by atoms with van der Waals surface area (Å²) in [5.41, 5.74) is 0. The zero-order valence-electron chi connectivity index (χ0n) is 54.7. The average Bonchev–Trinajstić information content (AvgIpc) is 3.49. The minimum atomic E-state index is -1.53. The van der Waals surface area contributed by atoms with Crippen LogP contribution in [0.1, 0.15) is 245 Å². The molecule has 0 rings (SSSR count). The van der Waals surface area contributed by atoms with E-state index in [-0.39, 0.29) is 38.6 Å². The minimum absolute atomic E-state index is 0.173. The van der Waals surface area contributed by atoms with Crippen LogP contribution in [0.5, 0.6) is 0 Å². The lowest BCUT2D eigenvalue weighted by molar-refractivity contribution is -0.870. The van der Waals surface area contributed by atoms with Gasteiger partial charge in [-0.1, -0.05) is 268 Å². The van der Waals surface area contributed by atoms with Gasteiger partial charge in [-0.2, -0.15) is 0 Å². The SMILES string of the molecule is CC/C=C\C/C=C\C/C=C\C/C=C\C/C=C\C/C=C\C/C=C\CCCCCC(=O)OC(COC(=O)CCCCCCCCCCCCCCCCCC/C=C\C/C=C\C/C=C\C/C=C\C/C=C\C/C=C\CC)COC(OCC[N+](C)(C)C)C(=O)O. The summed E-state index contributed by atoms with van der Waals surface area (Å²) in [6.07, 6.45) is 93.5. The van der Waals surface area contributed by atoms with E-state index in [0.29, 0.717) is 17.4 Å². The standard InChI is InChI=1S/C76H123NO8/c1-6-8-10-12-14-16-18-20-22-24-26-28-30-32-33-34-35-36-37-38-39-40-41-43-44-46-48-50-52-54-56-58-60-62-64-66-73(78)83-70-72(71-84-76(75(80)81)82-69-68-77(3,4)5)85-74(79)67-65-63-61-59-57-55-53-51-49-47-45-42-31-29-27-25-23-21-19-17-15-13-11-9-7-2/h8-11,14-17,20-23,26-29,32-33,35-36,42,45,49,51,55,57,72,76H,6-7,12-13,18-19,24-25,30-31,34,37-41,43-44,46-48,50,52-54,56,58-71H2,1-5H3/p+1/b10-8-,11-9-,16-14-,17-15-,22-20-,23-21-,28-26-,29-27-,33-32-,36-35-,45-42-,51-49-,57-55-. The van der Waals surface area contributed by atoms with E-state index in [4.69, 9.17) is 18.9 Å². The Bertz CT molecular complexity index is 1950. The van der Waals surface area contributed by atoms with Gasteiger partial charge in [-0.25, -0.2) is 4.79 Å². The molecule has 2 unspecified atom stereocenters. The normalized spacial score (nSPS) is 13.8. The fourth-order valence-corrected chi connectivity index (χ4v) is 8.70.